The second kappa shape index (κ2) is 5.40. The number of hydrogen-bond donors (Lipinski definition) is 1. The molecule has 0 heterocycles. The number of Topliss-reactive ketones (excluding diaryl/α,β-unsaturated/α-hetero) is 2. The molecule has 0 aromatic carbocycles. The van der Waals surface area contributed by atoms with Gasteiger partial charge in [-0.05, 0) is 80.5 Å². The van der Waals surface area contributed by atoms with Crippen molar-refractivity contribution in [2.45, 2.75) is 78.2 Å². The van der Waals surface area contributed by atoms with Crippen LogP contribution in [0.4, 0.5) is 0 Å². The molecule has 134 valence electrons. The van der Waals surface area contributed by atoms with Gasteiger partial charge in [0.2, 0.25) is 0 Å². The maximum absolute atomic E-state index is 13.3. The molecule has 0 radical (unpaired) electrons. The Morgan fingerprint density at radius 1 is 1.17 bits per heavy atom. The predicted molar refractivity (Wildman–Crippen MR) is 92.3 cm³/mol. The van der Waals surface area contributed by atoms with E-state index in [1.54, 1.807) is 6.92 Å². The molecule has 24 heavy (non-hydrogen) atoms. The average Bonchev–Trinajstić information content (AvgIpc) is 2.84. The van der Waals surface area contributed by atoms with Gasteiger partial charge in [0.15, 0.2) is 0 Å². The average molecular weight is 333 g/mol. The van der Waals surface area contributed by atoms with Crippen molar-refractivity contribution in [1.82, 2.24) is 0 Å². The lowest BCUT2D eigenvalue weighted by atomic mass is 9.44. The van der Waals surface area contributed by atoms with Gasteiger partial charge in [-0.3, -0.25) is 9.59 Å². The van der Waals surface area contributed by atoms with E-state index in [2.05, 4.69) is 13.8 Å². The zero-order valence-electron chi connectivity index (χ0n) is 16.3. The number of aliphatic hydroxyl groups is 1. The van der Waals surface area contributed by atoms with Crippen LogP contribution in [0.25, 0.3) is 0 Å². The third kappa shape index (κ3) is 2.12. The molecule has 4 fully saturated rings. The van der Waals surface area contributed by atoms with Gasteiger partial charge < -0.3 is 5.11 Å². The minimum Gasteiger partial charge on any atom is -0.393 e. The van der Waals surface area contributed by atoms with Crippen LogP contribution in [0.15, 0.2) is 0 Å². The van der Waals surface area contributed by atoms with E-state index in [-0.39, 0.29) is 34.4 Å². The normalized spacial score (nSPS) is 57.6. The Kier molecular flexibility index (Phi) is 3.50. The molecule has 3 heteroatoms. The molecule has 0 bridgehead atoms. The van der Waals surface area contributed by atoms with E-state index in [9.17, 15) is 14.7 Å². The van der Waals surface area contributed by atoms with Crippen molar-refractivity contribution >= 4 is 11.6 Å². The molecule has 4 saturated carbocycles. The zero-order valence-corrected chi connectivity index (χ0v) is 15.3. The number of hydrogen-bond acceptors (Lipinski definition) is 3. The summed E-state index contributed by atoms with van der Waals surface area (Å²) in [6.07, 6.45) is 5.09. The summed E-state index contributed by atoms with van der Waals surface area (Å²) in [5, 5.41) is 10.2. The van der Waals surface area contributed by atoms with Gasteiger partial charge in [-0.2, -0.15) is 0 Å². The highest BCUT2D eigenvalue weighted by Gasteiger charge is 2.63. The number of fused-ring (bicyclic) bond motifs is 5. The van der Waals surface area contributed by atoms with Crippen LogP contribution < -0.4 is 0 Å². The van der Waals surface area contributed by atoms with Gasteiger partial charge in [-0.15, -0.1) is 0 Å². The number of rotatable bonds is 1. The zero-order chi connectivity index (χ0) is 18.2. The second-order valence-corrected chi connectivity index (χ2v) is 9.69. The molecular formula is C21H32O3. The summed E-state index contributed by atoms with van der Waals surface area (Å²) in [4.78, 5) is 25.5. The van der Waals surface area contributed by atoms with Crippen molar-refractivity contribution in [2.24, 2.45) is 40.4 Å². The standard InChI is InChI=1S/C21H32O3/c1-12(22)16-6-7-17-15-5-4-13-10-14(23)8-9-20(13,2)19(15)18(24)11-21(16,17)3/h13-17,19,23H,4-11H2,1-3H3/t13-,14+,15-,16+,17-,19+,20-,21+/m0/s1/i14D. The summed E-state index contributed by atoms with van der Waals surface area (Å²) in [7, 11) is 0. The molecule has 3 nitrogen and oxygen atoms in total. The topological polar surface area (TPSA) is 54.4 Å². The van der Waals surface area contributed by atoms with Gasteiger partial charge in [0.25, 0.3) is 0 Å². The van der Waals surface area contributed by atoms with Crippen molar-refractivity contribution in [1.29, 1.82) is 0 Å². The van der Waals surface area contributed by atoms with Crippen LogP contribution in [-0.4, -0.2) is 22.8 Å². The van der Waals surface area contributed by atoms with E-state index in [1.165, 1.54) is 0 Å². The van der Waals surface area contributed by atoms with Crippen LogP contribution in [0, 0.1) is 40.4 Å². The molecule has 0 spiro atoms. The number of ketones is 2. The fourth-order valence-electron chi connectivity index (χ4n) is 7.54. The third-order valence-corrected chi connectivity index (χ3v) is 8.67. The van der Waals surface area contributed by atoms with Crippen molar-refractivity contribution in [3.05, 3.63) is 0 Å². The van der Waals surface area contributed by atoms with Gasteiger partial charge >= 0.3 is 0 Å². The molecule has 4 rings (SSSR count). The highest BCUT2D eigenvalue weighted by molar-refractivity contribution is 5.87. The van der Waals surface area contributed by atoms with Gasteiger partial charge in [-0.1, -0.05) is 13.8 Å². The van der Waals surface area contributed by atoms with Crippen LogP contribution in [0.5, 0.6) is 0 Å². The molecule has 8 atom stereocenters. The Morgan fingerprint density at radius 2 is 1.92 bits per heavy atom. The molecule has 1 N–H and O–H groups in total. The fourth-order valence-corrected chi connectivity index (χ4v) is 7.54. The molecule has 0 saturated heterocycles. The molecule has 0 amide bonds. The van der Waals surface area contributed by atoms with Crippen molar-refractivity contribution in [3.63, 3.8) is 0 Å². The molecule has 0 unspecified atom stereocenters. The van der Waals surface area contributed by atoms with E-state index in [4.69, 9.17) is 1.37 Å². The van der Waals surface area contributed by atoms with E-state index in [1.807, 2.05) is 0 Å². The van der Waals surface area contributed by atoms with Crippen molar-refractivity contribution in [2.75, 3.05) is 0 Å². The van der Waals surface area contributed by atoms with Crippen LogP contribution in [0.1, 0.15) is 73.5 Å². The lowest BCUT2D eigenvalue weighted by Crippen LogP contribution is -2.58. The van der Waals surface area contributed by atoms with Gasteiger partial charge in [0.1, 0.15) is 11.6 Å². The molecule has 4 aliphatic rings. The largest absolute Gasteiger partial charge is 0.393 e. The summed E-state index contributed by atoms with van der Waals surface area (Å²) in [5.41, 5.74) is -0.207. The SMILES string of the molecule is [2H][C@@]1(O)CC[C@@]2(C)[C@@H](CC[C@H]3[C@@H]4CC[C@H](C(C)=O)[C@@]4(C)CC(=O)[C@@H]32)C1. The highest BCUT2D eigenvalue weighted by Crippen LogP contribution is 2.66. The fraction of sp³-hybridized carbons (Fsp3) is 0.905. The minimum atomic E-state index is -1.31. The summed E-state index contributed by atoms with van der Waals surface area (Å²) in [6.45, 7) is 6.15. The summed E-state index contributed by atoms with van der Waals surface area (Å²) < 4.78 is 8.07. The smallest absolute Gasteiger partial charge is 0.137 e. The molecule has 4 aliphatic carbocycles. The first-order valence-corrected chi connectivity index (χ1v) is 9.84. The van der Waals surface area contributed by atoms with Crippen molar-refractivity contribution in [3.8, 4) is 0 Å². The first-order valence-electron chi connectivity index (χ1n) is 10.3. The van der Waals surface area contributed by atoms with E-state index in [0.29, 0.717) is 36.9 Å². The van der Waals surface area contributed by atoms with Crippen LogP contribution in [-0.2, 0) is 9.59 Å². The molecule has 0 aromatic rings. The molecule has 0 aliphatic heterocycles. The first kappa shape index (κ1) is 15.5. The first-order chi connectivity index (χ1) is 11.6. The Balaban J connectivity index is 1.68. The highest BCUT2D eigenvalue weighted by atomic mass is 16.3. The van der Waals surface area contributed by atoms with Gasteiger partial charge in [-0.25, -0.2) is 0 Å². The number of carbonyl (C=O) groups excluding carboxylic acids is 2. The lowest BCUT2D eigenvalue weighted by Gasteiger charge is -2.59. The van der Waals surface area contributed by atoms with Crippen LogP contribution in [0.2, 0.25) is 0 Å². The monoisotopic (exact) mass is 333 g/mol. The van der Waals surface area contributed by atoms with Gasteiger partial charge in [0.05, 0.1) is 7.45 Å². The third-order valence-electron chi connectivity index (χ3n) is 8.67. The van der Waals surface area contributed by atoms with E-state index < -0.39 is 6.08 Å². The van der Waals surface area contributed by atoms with E-state index in [0.717, 1.165) is 32.1 Å². The van der Waals surface area contributed by atoms with Crippen LogP contribution in [0.3, 0.4) is 0 Å². The maximum atomic E-state index is 13.3. The van der Waals surface area contributed by atoms with E-state index >= 15 is 0 Å². The van der Waals surface area contributed by atoms with Crippen LogP contribution >= 0.6 is 0 Å². The lowest BCUT2D eigenvalue weighted by molar-refractivity contribution is -0.162. The number of carbonyl (C=O) groups is 2. The van der Waals surface area contributed by atoms with Gasteiger partial charge in [0, 0.05) is 18.3 Å². The Morgan fingerprint density at radius 3 is 2.62 bits per heavy atom. The minimum absolute atomic E-state index is 0.0534. The molecular weight excluding hydrogens is 300 g/mol. The Bertz CT molecular complexity index is 614. The second-order valence-electron chi connectivity index (χ2n) is 9.69. The summed E-state index contributed by atoms with van der Waals surface area (Å²) in [5.74, 6) is 1.91. The predicted octanol–water partition coefficient (Wildman–Crippen LogP) is 3.77. The van der Waals surface area contributed by atoms with Crippen molar-refractivity contribution < 1.29 is 16.1 Å². The molecule has 0 aromatic heterocycles. The summed E-state index contributed by atoms with van der Waals surface area (Å²) >= 11 is 0. The summed E-state index contributed by atoms with van der Waals surface area (Å²) in [6, 6.07) is 0. The quantitative estimate of drug-likeness (QED) is 0.794. The Labute approximate surface area is 147 Å². The Hall–Kier alpha value is -0.700. The maximum Gasteiger partial charge on any atom is 0.137 e.